The number of allylic oxidation sites excluding steroid dienone is 5. The first-order valence-corrected chi connectivity index (χ1v) is 7.18. The Hall–Kier alpha value is -2.46. The van der Waals surface area contributed by atoms with Crippen LogP contribution in [0.5, 0.6) is 0 Å². The van der Waals surface area contributed by atoms with Crippen LogP contribution in [0.25, 0.3) is 0 Å². The Labute approximate surface area is 129 Å². The number of Topliss-reactive ketones (excluding diaryl/α,β-unsaturated/α-hetero) is 2. The summed E-state index contributed by atoms with van der Waals surface area (Å²) in [5.41, 5.74) is 2.92. The van der Waals surface area contributed by atoms with Crippen molar-refractivity contribution in [1.29, 1.82) is 0 Å². The third-order valence-corrected chi connectivity index (χ3v) is 3.95. The molecule has 0 atom stereocenters. The van der Waals surface area contributed by atoms with Crippen LogP contribution in [0.3, 0.4) is 0 Å². The minimum atomic E-state index is -0.186. The molecule has 0 saturated heterocycles. The molecule has 0 saturated carbocycles. The van der Waals surface area contributed by atoms with Crippen molar-refractivity contribution in [1.82, 2.24) is 4.90 Å². The molecule has 0 N–H and O–H groups in total. The third-order valence-electron chi connectivity index (χ3n) is 3.95. The predicted molar refractivity (Wildman–Crippen MR) is 83.6 cm³/mol. The van der Waals surface area contributed by atoms with Crippen molar-refractivity contribution in [3.8, 4) is 0 Å². The molecule has 1 aromatic rings. The second kappa shape index (κ2) is 5.73. The summed E-state index contributed by atoms with van der Waals surface area (Å²) in [6.07, 6.45) is 5.59. The van der Waals surface area contributed by atoms with Gasteiger partial charge in [0.25, 0.3) is 0 Å². The molecule has 0 fully saturated rings. The zero-order valence-electron chi connectivity index (χ0n) is 12.6. The standard InChI is InChI=1S/C18H17NO3/c1-12-11-13(7-8-19(12)9-10-22-2)16-17(20)14-5-3-4-6-15(14)18(16)21/h3-8,11H,9-10H2,1-2H3. The molecule has 1 aromatic carbocycles. The van der Waals surface area contributed by atoms with E-state index in [1.165, 1.54) is 0 Å². The van der Waals surface area contributed by atoms with E-state index in [9.17, 15) is 9.59 Å². The number of rotatable bonds is 3. The van der Waals surface area contributed by atoms with E-state index in [1.807, 2.05) is 30.2 Å². The average Bonchev–Trinajstić information content (AvgIpc) is 2.78. The Balaban J connectivity index is 1.97. The fourth-order valence-corrected chi connectivity index (χ4v) is 2.75. The predicted octanol–water partition coefficient (Wildman–Crippen LogP) is 2.74. The second-order valence-corrected chi connectivity index (χ2v) is 5.32. The van der Waals surface area contributed by atoms with Crippen molar-refractivity contribution < 1.29 is 14.3 Å². The van der Waals surface area contributed by atoms with Gasteiger partial charge in [0.2, 0.25) is 0 Å². The first kappa shape index (κ1) is 14.5. The number of carbonyl (C=O) groups excluding carboxylic acids is 2. The lowest BCUT2D eigenvalue weighted by Crippen LogP contribution is -2.22. The van der Waals surface area contributed by atoms with Crippen molar-refractivity contribution in [2.24, 2.45) is 0 Å². The van der Waals surface area contributed by atoms with E-state index in [0.717, 1.165) is 12.2 Å². The SMILES string of the molecule is COCCN1C=CC(=C2C(=O)c3ccccc3C2=O)C=C1C. The monoisotopic (exact) mass is 295 g/mol. The van der Waals surface area contributed by atoms with E-state index in [1.54, 1.807) is 31.4 Å². The average molecular weight is 295 g/mol. The van der Waals surface area contributed by atoms with E-state index < -0.39 is 0 Å². The number of hydrogen-bond acceptors (Lipinski definition) is 4. The molecule has 4 heteroatoms. The Bertz CT molecular complexity index is 703. The van der Waals surface area contributed by atoms with Gasteiger partial charge in [0.15, 0.2) is 11.6 Å². The van der Waals surface area contributed by atoms with Gasteiger partial charge in [0, 0.05) is 36.7 Å². The summed E-state index contributed by atoms with van der Waals surface area (Å²) < 4.78 is 5.07. The Kier molecular flexibility index (Phi) is 3.77. The molecule has 1 aliphatic carbocycles. The van der Waals surface area contributed by atoms with Gasteiger partial charge in [0.1, 0.15) is 0 Å². The topological polar surface area (TPSA) is 46.6 Å². The number of ether oxygens (including phenoxy) is 1. The Morgan fingerprint density at radius 3 is 2.27 bits per heavy atom. The second-order valence-electron chi connectivity index (χ2n) is 5.32. The molecular weight excluding hydrogens is 278 g/mol. The number of hydrogen-bond donors (Lipinski definition) is 0. The highest BCUT2D eigenvalue weighted by molar-refractivity contribution is 6.40. The highest BCUT2D eigenvalue weighted by Crippen LogP contribution is 2.31. The Morgan fingerprint density at radius 1 is 1.09 bits per heavy atom. The third kappa shape index (κ3) is 2.31. The molecule has 0 bridgehead atoms. The summed E-state index contributed by atoms with van der Waals surface area (Å²) in [5.74, 6) is -0.371. The van der Waals surface area contributed by atoms with Gasteiger partial charge in [-0.15, -0.1) is 0 Å². The lowest BCUT2D eigenvalue weighted by atomic mass is 10.0. The molecule has 2 aliphatic rings. The summed E-state index contributed by atoms with van der Waals surface area (Å²) in [4.78, 5) is 27.0. The van der Waals surface area contributed by atoms with Crippen LogP contribution >= 0.6 is 0 Å². The maximum atomic E-state index is 12.5. The van der Waals surface area contributed by atoms with E-state index in [4.69, 9.17) is 4.74 Å². The van der Waals surface area contributed by atoms with Gasteiger partial charge in [-0.2, -0.15) is 0 Å². The van der Waals surface area contributed by atoms with Gasteiger partial charge in [-0.3, -0.25) is 9.59 Å². The molecule has 0 spiro atoms. The first-order chi connectivity index (χ1) is 10.6. The fraction of sp³-hybridized carbons (Fsp3) is 0.222. The molecule has 112 valence electrons. The molecule has 1 aliphatic heterocycles. The zero-order chi connectivity index (χ0) is 15.7. The van der Waals surface area contributed by atoms with Gasteiger partial charge in [-0.25, -0.2) is 0 Å². The smallest absolute Gasteiger partial charge is 0.198 e. The molecule has 1 heterocycles. The van der Waals surface area contributed by atoms with Crippen molar-refractivity contribution in [3.05, 3.63) is 70.6 Å². The van der Waals surface area contributed by atoms with Gasteiger partial charge >= 0.3 is 0 Å². The number of carbonyl (C=O) groups is 2. The molecule has 3 rings (SSSR count). The number of nitrogens with zero attached hydrogens (tertiary/aromatic N) is 1. The molecular formula is C18H17NO3. The quantitative estimate of drug-likeness (QED) is 0.635. The normalized spacial score (nSPS) is 17.2. The van der Waals surface area contributed by atoms with Crippen LogP contribution in [0.1, 0.15) is 27.6 Å². The van der Waals surface area contributed by atoms with Crippen LogP contribution in [0.2, 0.25) is 0 Å². The lowest BCUT2D eigenvalue weighted by Gasteiger charge is -2.24. The van der Waals surface area contributed by atoms with Crippen LogP contribution in [-0.2, 0) is 4.74 Å². The van der Waals surface area contributed by atoms with E-state index >= 15 is 0 Å². The Morgan fingerprint density at radius 2 is 1.73 bits per heavy atom. The summed E-state index contributed by atoms with van der Waals surface area (Å²) in [6, 6.07) is 6.97. The molecule has 4 nitrogen and oxygen atoms in total. The highest BCUT2D eigenvalue weighted by atomic mass is 16.5. The number of benzene rings is 1. The van der Waals surface area contributed by atoms with Crippen molar-refractivity contribution in [2.45, 2.75) is 6.92 Å². The van der Waals surface area contributed by atoms with Crippen molar-refractivity contribution in [2.75, 3.05) is 20.3 Å². The van der Waals surface area contributed by atoms with Gasteiger partial charge in [-0.05, 0) is 24.6 Å². The minimum Gasteiger partial charge on any atom is -0.383 e. The lowest BCUT2D eigenvalue weighted by molar-refractivity contribution is 0.0988. The maximum Gasteiger partial charge on any atom is 0.198 e. The van der Waals surface area contributed by atoms with Gasteiger partial charge < -0.3 is 9.64 Å². The summed E-state index contributed by atoms with van der Waals surface area (Å²) >= 11 is 0. The van der Waals surface area contributed by atoms with Crippen molar-refractivity contribution >= 4 is 11.6 Å². The first-order valence-electron chi connectivity index (χ1n) is 7.18. The largest absolute Gasteiger partial charge is 0.383 e. The van der Waals surface area contributed by atoms with Gasteiger partial charge in [-0.1, -0.05) is 24.3 Å². The number of fused-ring (bicyclic) bond motifs is 1. The van der Waals surface area contributed by atoms with Crippen LogP contribution in [0.15, 0.2) is 59.5 Å². The highest BCUT2D eigenvalue weighted by Gasteiger charge is 2.34. The molecule has 0 aromatic heterocycles. The number of ketones is 2. The fourth-order valence-electron chi connectivity index (χ4n) is 2.75. The van der Waals surface area contributed by atoms with Crippen LogP contribution in [0, 0.1) is 0 Å². The summed E-state index contributed by atoms with van der Waals surface area (Å²) in [7, 11) is 1.66. The van der Waals surface area contributed by atoms with Crippen molar-refractivity contribution in [3.63, 3.8) is 0 Å². The summed E-state index contributed by atoms with van der Waals surface area (Å²) in [6.45, 7) is 3.31. The molecule has 22 heavy (non-hydrogen) atoms. The summed E-state index contributed by atoms with van der Waals surface area (Å²) in [5, 5.41) is 0. The number of methoxy groups -OCH3 is 1. The van der Waals surface area contributed by atoms with E-state index in [-0.39, 0.29) is 17.1 Å². The molecule has 0 unspecified atom stereocenters. The van der Waals surface area contributed by atoms with Gasteiger partial charge in [0.05, 0.1) is 12.2 Å². The van der Waals surface area contributed by atoms with Crippen LogP contribution < -0.4 is 0 Å². The van der Waals surface area contributed by atoms with Crippen LogP contribution in [0.4, 0.5) is 0 Å². The van der Waals surface area contributed by atoms with Crippen LogP contribution in [-0.4, -0.2) is 36.7 Å². The van der Waals surface area contributed by atoms with E-state index in [0.29, 0.717) is 23.3 Å². The zero-order valence-corrected chi connectivity index (χ0v) is 12.6. The molecule has 0 amide bonds. The van der Waals surface area contributed by atoms with E-state index in [2.05, 4.69) is 0 Å². The maximum absolute atomic E-state index is 12.5. The molecule has 0 radical (unpaired) electrons. The minimum absolute atomic E-state index is 0.186.